The standard InChI is InChI=1S/C18H27Cl2N/c1-12(2)13-9-18(10-13,11-21-17(3,4)5)15-7-6-14(19)8-16(15)20/h6-8,12-13,21H,9-11H2,1-5H3. The van der Waals surface area contributed by atoms with Gasteiger partial charge in [-0.05, 0) is 63.1 Å². The van der Waals surface area contributed by atoms with Crippen LogP contribution in [-0.2, 0) is 5.41 Å². The highest BCUT2D eigenvalue weighted by atomic mass is 35.5. The molecule has 3 heteroatoms. The summed E-state index contributed by atoms with van der Waals surface area (Å²) < 4.78 is 0. The molecule has 1 N–H and O–H groups in total. The van der Waals surface area contributed by atoms with Crippen LogP contribution in [-0.4, -0.2) is 12.1 Å². The van der Waals surface area contributed by atoms with E-state index in [1.54, 1.807) is 0 Å². The third-order valence-corrected chi connectivity index (χ3v) is 5.26. The van der Waals surface area contributed by atoms with Gasteiger partial charge in [0.2, 0.25) is 0 Å². The summed E-state index contributed by atoms with van der Waals surface area (Å²) in [6.07, 6.45) is 2.41. The first-order chi connectivity index (χ1) is 9.63. The van der Waals surface area contributed by atoms with E-state index >= 15 is 0 Å². The van der Waals surface area contributed by atoms with Gasteiger partial charge in [0.05, 0.1) is 0 Å². The quantitative estimate of drug-likeness (QED) is 0.749. The van der Waals surface area contributed by atoms with Crippen molar-refractivity contribution in [3.8, 4) is 0 Å². The summed E-state index contributed by atoms with van der Waals surface area (Å²) in [5, 5.41) is 5.19. The zero-order valence-electron chi connectivity index (χ0n) is 13.8. The molecule has 0 atom stereocenters. The molecule has 0 aliphatic heterocycles. The van der Waals surface area contributed by atoms with Crippen LogP contribution in [0.4, 0.5) is 0 Å². The number of rotatable bonds is 4. The molecule has 1 fully saturated rings. The number of hydrogen-bond acceptors (Lipinski definition) is 1. The second-order valence-corrected chi connectivity index (χ2v) is 8.76. The Bertz CT molecular complexity index is 496. The summed E-state index contributed by atoms with van der Waals surface area (Å²) in [5.74, 6) is 1.53. The first-order valence-electron chi connectivity index (χ1n) is 7.83. The summed E-state index contributed by atoms with van der Waals surface area (Å²) in [7, 11) is 0. The van der Waals surface area contributed by atoms with E-state index in [0.717, 1.165) is 23.4 Å². The number of hydrogen-bond donors (Lipinski definition) is 1. The van der Waals surface area contributed by atoms with Crippen LogP contribution in [0.2, 0.25) is 10.0 Å². The van der Waals surface area contributed by atoms with Crippen LogP contribution in [0.25, 0.3) is 0 Å². The second kappa shape index (κ2) is 6.10. The fraction of sp³-hybridized carbons (Fsp3) is 0.667. The SMILES string of the molecule is CC(C)C1CC(CNC(C)(C)C)(c2ccc(Cl)cc2Cl)C1. The van der Waals surface area contributed by atoms with Crippen molar-refractivity contribution in [3.05, 3.63) is 33.8 Å². The first kappa shape index (κ1) is 17.1. The molecule has 0 saturated heterocycles. The molecule has 1 aliphatic rings. The molecule has 1 nitrogen and oxygen atoms in total. The van der Waals surface area contributed by atoms with E-state index in [4.69, 9.17) is 23.2 Å². The van der Waals surface area contributed by atoms with Gasteiger partial charge in [0.1, 0.15) is 0 Å². The third kappa shape index (κ3) is 3.94. The zero-order valence-corrected chi connectivity index (χ0v) is 15.3. The summed E-state index contributed by atoms with van der Waals surface area (Å²) in [6, 6.07) is 5.95. The summed E-state index contributed by atoms with van der Waals surface area (Å²) in [4.78, 5) is 0. The molecule has 21 heavy (non-hydrogen) atoms. The molecular formula is C18H27Cl2N. The predicted molar refractivity (Wildman–Crippen MR) is 93.5 cm³/mol. The monoisotopic (exact) mass is 327 g/mol. The Morgan fingerprint density at radius 2 is 1.86 bits per heavy atom. The minimum atomic E-state index is 0.120. The van der Waals surface area contributed by atoms with Gasteiger partial charge in [-0.25, -0.2) is 0 Å². The van der Waals surface area contributed by atoms with Crippen LogP contribution < -0.4 is 5.32 Å². The maximum absolute atomic E-state index is 6.49. The molecule has 0 radical (unpaired) electrons. The molecule has 0 amide bonds. The van der Waals surface area contributed by atoms with Crippen molar-refractivity contribution in [2.75, 3.05) is 6.54 Å². The zero-order chi connectivity index (χ0) is 15.8. The van der Waals surface area contributed by atoms with Crippen molar-refractivity contribution in [2.24, 2.45) is 11.8 Å². The molecule has 1 aromatic carbocycles. The topological polar surface area (TPSA) is 12.0 Å². The lowest BCUT2D eigenvalue weighted by Gasteiger charge is -2.51. The lowest BCUT2D eigenvalue weighted by molar-refractivity contribution is 0.0913. The van der Waals surface area contributed by atoms with Crippen molar-refractivity contribution >= 4 is 23.2 Å². The largest absolute Gasteiger partial charge is 0.311 e. The highest BCUT2D eigenvalue weighted by molar-refractivity contribution is 6.35. The van der Waals surface area contributed by atoms with Gasteiger partial charge >= 0.3 is 0 Å². The molecular weight excluding hydrogens is 301 g/mol. The Balaban J connectivity index is 2.25. The van der Waals surface area contributed by atoms with E-state index in [1.807, 2.05) is 12.1 Å². The fourth-order valence-electron chi connectivity index (χ4n) is 3.23. The van der Waals surface area contributed by atoms with Crippen molar-refractivity contribution in [3.63, 3.8) is 0 Å². The minimum absolute atomic E-state index is 0.120. The van der Waals surface area contributed by atoms with Crippen LogP contribution in [0.1, 0.15) is 53.0 Å². The summed E-state index contributed by atoms with van der Waals surface area (Å²) in [5.41, 5.74) is 1.53. The molecule has 1 saturated carbocycles. The van der Waals surface area contributed by atoms with Gasteiger partial charge in [0, 0.05) is 27.5 Å². The number of benzene rings is 1. The normalized spacial score (nSPS) is 26.0. The second-order valence-electron chi connectivity index (χ2n) is 7.92. The smallest absolute Gasteiger partial charge is 0.0458 e. The van der Waals surface area contributed by atoms with Crippen LogP contribution >= 0.6 is 23.2 Å². The van der Waals surface area contributed by atoms with E-state index < -0.39 is 0 Å². The number of halogens is 2. The fourth-order valence-corrected chi connectivity index (χ4v) is 3.84. The maximum Gasteiger partial charge on any atom is 0.0458 e. The lowest BCUT2D eigenvalue weighted by atomic mass is 9.55. The molecule has 0 spiro atoms. The molecule has 0 heterocycles. The molecule has 2 rings (SSSR count). The van der Waals surface area contributed by atoms with Gasteiger partial charge in [-0.2, -0.15) is 0 Å². The van der Waals surface area contributed by atoms with Gasteiger partial charge in [-0.15, -0.1) is 0 Å². The van der Waals surface area contributed by atoms with Gasteiger partial charge in [0.15, 0.2) is 0 Å². The van der Waals surface area contributed by atoms with Crippen LogP contribution in [0, 0.1) is 11.8 Å². The molecule has 0 aromatic heterocycles. The molecule has 0 bridgehead atoms. The van der Waals surface area contributed by atoms with Crippen LogP contribution in [0.15, 0.2) is 18.2 Å². The Morgan fingerprint density at radius 1 is 1.24 bits per heavy atom. The van der Waals surface area contributed by atoms with Crippen molar-refractivity contribution < 1.29 is 0 Å². The summed E-state index contributed by atoms with van der Waals surface area (Å²) in [6.45, 7) is 12.2. The average Bonchev–Trinajstić information content (AvgIpc) is 2.27. The van der Waals surface area contributed by atoms with E-state index in [2.05, 4.69) is 46.0 Å². The highest BCUT2D eigenvalue weighted by Crippen LogP contribution is 2.52. The highest BCUT2D eigenvalue weighted by Gasteiger charge is 2.47. The van der Waals surface area contributed by atoms with E-state index in [-0.39, 0.29) is 11.0 Å². The van der Waals surface area contributed by atoms with Crippen molar-refractivity contribution in [1.82, 2.24) is 5.32 Å². The molecule has 1 aromatic rings. The van der Waals surface area contributed by atoms with Gasteiger partial charge in [-0.1, -0.05) is 43.1 Å². The Kier molecular flexibility index (Phi) is 4.97. The Morgan fingerprint density at radius 3 is 2.33 bits per heavy atom. The molecule has 1 aliphatic carbocycles. The van der Waals surface area contributed by atoms with E-state index in [1.165, 1.54) is 18.4 Å². The van der Waals surface area contributed by atoms with Crippen LogP contribution in [0.5, 0.6) is 0 Å². The summed E-state index contributed by atoms with van der Waals surface area (Å²) >= 11 is 12.5. The Hall–Kier alpha value is -0.240. The maximum atomic E-state index is 6.49. The minimum Gasteiger partial charge on any atom is -0.311 e. The molecule has 118 valence electrons. The van der Waals surface area contributed by atoms with Gasteiger partial charge < -0.3 is 5.32 Å². The predicted octanol–water partition coefficient (Wildman–Crippen LogP) is 5.69. The lowest BCUT2D eigenvalue weighted by Crippen LogP contribution is -2.53. The van der Waals surface area contributed by atoms with E-state index in [9.17, 15) is 0 Å². The Labute approximate surface area is 139 Å². The van der Waals surface area contributed by atoms with Gasteiger partial charge in [0.25, 0.3) is 0 Å². The third-order valence-electron chi connectivity index (χ3n) is 4.71. The first-order valence-corrected chi connectivity index (χ1v) is 8.59. The van der Waals surface area contributed by atoms with Gasteiger partial charge in [-0.3, -0.25) is 0 Å². The van der Waals surface area contributed by atoms with Crippen LogP contribution in [0.3, 0.4) is 0 Å². The van der Waals surface area contributed by atoms with Crippen molar-refractivity contribution in [2.45, 2.75) is 58.4 Å². The number of nitrogens with one attached hydrogen (secondary N) is 1. The van der Waals surface area contributed by atoms with E-state index in [0.29, 0.717) is 5.02 Å². The molecule has 0 unspecified atom stereocenters. The average molecular weight is 328 g/mol. The van der Waals surface area contributed by atoms with Crippen molar-refractivity contribution in [1.29, 1.82) is 0 Å².